The summed E-state index contributed by atoms with van der Waals surface area (Å²) in [7, 11) is 0. The molecule has 3 heteroatoms. The third-order valence-corrected chi connectivity index (χ3v) is 1.39. The van der Waals surface area contributed by atoms with E-state index >= 15 is 0 Å². The summed E-state index contributed by atoms with van der Waals surface area (Å²) in [5.41, 5.74) is 2.12. The molecule has 0 N–H and O–H groups in total. The first kappa shape index (κ1) is 7.98. The second-order valence-corrected chi connectivity index (χ2v) is 2.70. The van der Waals surface area contributed by atoms with Crippen LogP contribution < -0.4 is 0 Å². The van der Waals surface area contributed by atoms with Crippen molar-refractivity contribution in [1.29, 1.82) is 0 Å². The summed E-state index contributed by atoms with van der Waals surface area (Å²) in [6, 6.07) is 0. The van der Waals surface area contributed by atoms with E-state index in [9.17, 15) is 0 Å². The topological polar surface area (TPSA) is 30.7 Å². The van der Waals surface area contributed by atoms with E-state index in [1.807, 2.05) is 24.7 Å². The van der Waals surface area contributed by atoms with E-state index < -0.39 is 0 Å². The predicted octanol–water partition coefficient (Wildman–Crippen LogP) is 1.42. The van der Waals surface area contributed by atoms with Crippen LogP contribution in [0.15, 0.2) is 18.3 Å². The zero-order chi connectivity index (χ0) is 8.27. The van der Waals surface area contributed by atoms with Crippen molar-refractivity contribution in [2.45, 2.75) is 26.8 Å². The molecule has 1 rings (SSSR count). The predicted molar refractivity (Wildman–Crippen MR) is 44.2 cm³/mol. The molecular formula is C8H13N3. The molecule has 11 heavy (non-hydrogen) atoms. The van der Waals surface area contributed by atoms with Gasteiger partial charge in [-0.25, -0.2) is 0 Å². The number of rotatable bonds is 3. The van der Waals surface area contributed by atoms with E-state index in [4.69, 9.17) is 0 Å². The van der Waals surface area contributed by atoms with Crippen LogP contribution in [0.2, 0.25) is 0 Å². The minimum absolute atomic E-state index is 0.833. The van der Waals surface area contributed by atoms with Crippen LogP contribution in [-0.4, -0.2) is 15.0 Å². The van der Waals surface area contributed by atoms with E-state index in [1.54, 1.807) is 0 Å². The summed E-state index contributed by atoms with van der Waals surface area (Å²) in [6.45, 7) is 8.72. The Morgan fingerprint density at radius 1 is 1.73 bits per heavy atom. The molecule has 0 saturated carbocycles. The van der Waals surface area contributed by atoms with Gasteiger partial charge in [0.2, 0.25) is 0 Å². The molecule has 1 heterocycles. The number of allylic oxidation sites excluding steroid dienone is 1. The Morgan fingerprint density at radius 3 is 2.91 bits per heavy atom. The van der Waals surface area contributed by atoms with E-state index in [0.29, 0.717) is 0 Å². The second kappa shape index (κ2) is 3.32. The number of aryl methyl sites for hydroxylation is 1. The molecule has 0 bridgehead atoms. The first-order chi connectivity index (χ1) is 5.22. The minimum atomic E-state index is 0.833. The molecule has 1 aromatic rings. The lowest BCUT2D eigenvalue weighted by atomic mass is 10.2. The Bertz CT molecular complexity index is 250. The molecule has 0 amide bonds. The zero-order valence-electron chi connectivity index (χ0n) is 7.04. The van der Waals surface area contributed by atoms with Crippen LogP contribution in [0.5, 0.6) is 0 Å². The van der Waals surface area contributed by atoms with Crippen LogP contribution in [0.4, 0.5) is 0 Å². The van der Waals surface area contributed by atoms with Gasteiger partial charge in [0.25, 0.3) is 0 Å². The van der Waals surface area contributed by atoms with E-state index in [0.717, 1.165) is 24.2 Å². The Morgan fingerprint density at radius 2 is 2.45 bits per heavy atom. The molecule has 3 nitrogen and oxygen atoms in total. The van der Waals surface area contributed by atoms with E-state index in [-0.39, 0.29) is 0 Å². The van der Waals surface area contributed by atoms with Crippen LogP contribution in [0, 0.1) is 0 Å². The highest BCUT2D eigenvalue weighted by atomic mass is 15.4. The molecule has 0 spiro atoms. The Hall–Kier alpha value is -1.12. The largest absolute Gasteiger partial charge is 0.253 e. The molecule has 0 fully saturated rings. The quantitative estimate of drug-likeness (QED) is 0.611. The van der Waals surface area contributed by atoms with Gasteiger partial charge in [-0.2, -0.15) is 0 Å². The summed E-state index contributed by atoms with van der Waals surface area (Å²) in [5.74, 6) is 0. The second-order valence-electron chi connectivity index (χ2n) is 2.70. The monoisotopic (exact) mass is 151 g/mol. The molecule has 0 aliphatic carbocycles. The number of nitrogens with zero attached hydrogens (tertiary/aromatic N) is 3. The third kappa shape index (κ3) is 2.18. The summed E-state index contributed by atoms with van der Waals surface area (Å²) >= 11 is 0. The fourth-order valence-corrected chi connectivity index (χ4v) is 0.883. The molecule has 0 radical (unpaired) electrons. The van der Waals surface area contributed by atoms with Crippen molar-refractivity contribution in [3.8, 4) is 0 Å². The molecule has 0 aliphatic heterocycles. The Balaban J connectivity index is 2.65. The molecule has 1 aromatic heterocycles. The zero-order valence-corrected chi connectivity index (χ0v) is 7.04. The standard InChI is InChI=1S/C8H13N3/c1-4-11-6-8(9-10-11)5-7(2)3/h6H,2,4-5H2,1,3H3. The Labute approximate surface area is 66.7 Å². The molecule has 0 aromatic carbocycles. The number of aromatic nitrogens is 3. The van der Waals surface area contributed by atoms with Gasteiger partial charge in [0, 0.05) is 19.2 Å². The van der Waals surface area contributed by atoms with Crippen molar-refractivity contribution < 1.29 is 0 Å². The fourth-order valence-electron chi connectivity index (χ4n) is 0.883. The highest BCUT2D eigenvalue weighted by molar-refractivity contribution is 5.05. The van der Waals surface area contributed by atoms with Crippen LogP contribution >= 0.6 is 0 Å². The lowest BCUT2D eigenvalue weighted by Gasteiger charge is -1.91. The van der Waals surface area contributed by atoms with Crippen LogP contribution in [0.3, 0.4) is 0 Å². The molecule has 0 unspecified atom stereocenters. The van der Waals surface area contributed by atoms with Gasteiger partial charge >= 0.3 is 0 Å². The lowest BCUT2D eigenvalue weighted by molar-refractivity contribution is 0.626. The molecular weight excluding hydrogens is 138 g/mol. The maximum Gasteiger partial charge on any atom is 0.0867 e. The van der Waals surface area contributed by atoms with Crippen LogP contribution in [0.25, 0.3) is 0 Å². The number of hydrogen-bond donors (Lipinski definition) is 0. The first-order valence-corrected chi connectivity index (χ1v) is 3.75. The van der Waals surface area contributed by atoms with Gasteiger partial charge in [-0.3, -0.25) is 4.68 Å². The summed E-state index contributed by atoms with van der Waals surface area (Å²) in [6.07, 6.45) is 2.79. The molecule has 0 saturated heterocycles. The molecule has 0 atom stereocenters. The van der Waals surface area contributed by atoms with Crippen molar-refractivity contribution in [3.05, 3.63) is 24.0 Å². The molecule has 0 aliphatic rings. The lowest BCUT2D eigenvalue weighted by Crippen LogP contribution is -1.93. The van der Waals surface area contributed by atoms with Crippen LogP contribution in [-0.2, 0) is 13.0 Å². The normalized spacial score (nSPS) is 10.0. The van der Waals surface area contributed by atoms with Gasteiger partial charge in [-0.1, -0.05) is 17.4 Å². The highest BCUT2D eigenvalue weighted by Gasteiger charge is 1.97. The number of hydrogen-bond acceptors (Lipinski definition) is 2. The fraction of sp³-hybridized carbons (Fsp3) is 0.500. The average molecular weight is 151 g/mol. The van der Waals surface area contributed by atoms with Crippen LogP contribution in [0.1, 0.15) is 19.5 Å². The SMILES string of the molecule is C=C(C)Cc1cn(CC)nn1. The summed E-state index contributed by atoms with van der Waals surface area (Å²) < 4.78 is 1.82. The van der Waals surface area contributed by atoms with Gasteiger partial charge in [0.05, 0.1) is 5.69 Å². The van der Waals surface area contributed by atoms with Crippen molar-refractivity contribution in [2.24, 2.45) is 0 Å². The van der Waals surface area contributed by atoms with Crippen molar-refractivity contribution in [1.82, 2.24) is 15.0 Å². The Kier molecular flexibility index (Phi) is 2.41. The van der Waals surface area contributed by atoms with E-state index in [2.05, 4.69) is 16.9 Å². The average Bonchev–Trinajstić information content (AvgIpc) is 2.34. The van der Waals surface area contributed by atoms with E-state index in [1.165, 1.54) is 0 Å². The third-order valence-electron chi connectivity index (χ3n) is 1.39. The highest BCUT2D eigenvalue weighted by Crippen LogP contribution is 2.00. The molecule has 60 valence electrons. The van der Waals surface area contributed by atoms with Gasteiger partial charge in [0.15, 0.2) is 0 Å². The summed E-state index contributed by atoms with van der Waals surface area (Å²) in [5, 5.41) is 7.89. The van der Waals surface area contributed by atoms with Gasteiger partial charge in [-0.15, -0.1) is 5.10 Å². The van der Waals surface area contributed by atoms with Gasteiger partial charge in [-0.05, 0) is 13.8 Å². The summed E-state index contributed by atoms with van der Waals surface area (Å²) in [4.78, 5) is 0. The van der Waals surface area contributed by atoms with Crippen molar-refractivity contribution in [3.63, 3.8) is 0 Å². The maximum atomic E-state index is 3.98. The van der Waals surface area contributed by atoms with Gasteiger partial charge in [0.1, 0.15) is 0 Å². The van der Waals surface area contributed by atoms with Crippen molar-refractivity contribution in [2.75, 3.05) is 0 Å². The maximum absolute atomic E-state index is 3.98. The van der Waals surface area contributed by atoms with Crippen molar-refractivity contribution >= 4 is 0 Å². The van der Waals surface area contributed by atoms with Gasteiger partial charge < -0.3 is 0 Å². The minimum Gasteiger partial charge on any atom is -0.253 e. The smallest absolute Gasteiger partial charge is 0.0867 e. The first-order valence-electron chi connectivity index (χ1n) is 3.75.